The third kappa shape index (κ3) is 3.93. The van der Waals surface area contributed by atoms with Crippen LogP contribution in [-0.2, 0) is 4.79 Å². The summed E-state index contributed by atoms with van der Waals surface area (Å²) in [5.41, 5.74) is 1.00. The minimum Gasteiger partial charge on any atom is -0.309 e. The number of carbonyl (C=O) groups excluding carboxylic acids is 1. The molecule has 23 heavy (non-hydrogen) atoms. The van der Waals surface area contributed by atoms with Crippen LogP contribution in [0, 0.1) is 0 Å². The van der Waals surface area contributed by atoms with Crippen molar-refractivity contribution in [1.82, 2.24) is 9.80 Å². The van der Waals surface area contributed by atoms with Gasteiger partial charge in [0.25, 0.3) is 0 Å². The van der Waals surface area contributed by atoms with Gasteiger partial charge in [-0.1, -0.05) is 24.6 Å². The predicted molar refractivity (Wildman–Crippen MR) is 94.7 cm³/mol. The van der Waals surface area contributed by atoms with Crippen LogP contribution in [0.15, 0.2) is 30.3 Å². The molecule has 0 radical (unpaired) electrons. The van der Waals surface area contributed by atoms with Crippen LogP contribution < -0.4 is 4.90 Å². The zero-order valence-electron chi connectivity index (χ0n) is 14.4. The number of amides is 1. The summed E-state index contributed by atoms with van der Waals surface area (Å²) < 4.78 is 0. The Labute approximate surface area is 140 Å². The standard InChI is InChI=1S/C19H29N3O/c1-16(2)22(17-8-4-3-5-9-17)19(23)15-20-12-13-21-11-7-6-10-18(21)14-20/h3-5,8-9,16,18H,6-7,10-15H2,1-2H3/t18-/m1/s1. The highest BCUT2D eigenvalue weighted by atomic mass is 16.2. The summed E-state index contributed by atoms with van der Waals surface area (Å²) in [5.74, 6) is 0.218. The molecule has 3 rings (SSSR count). The van der Waals surface area contributed by atoms with Gasteiger partial charge >= 0.3 is 0 Å². The number of hydrogen-bond donors (Lipinski definition) is 0. The number of hydrogen-bond acceptors (Lipinski definition) is 3. The van der Waals surface area contributed by atoms with Gasteiger partial charge in [0.2, 0.25) is 5.91 Å². The molecular formula is C19H29N3O. The maximum Gasteiger partial charge on any atom is 0.241 e. The maximum absolute atomic E-state index is 12.9. The lowest BCUT2D eigenvalue weighted by Crippen LogP contribution is -2.56. The fourth-order valence-electron chi connectivity index (χ4n) is 3.95. The van der Waals surface area contributed by atoms with Crippen molar-refractivity contribution in [1.29, 1.82) is 0 Å². The molecule has 2 heterocycles. The zero-order valence-corrected chi connectivity index (χ0v) is 14.4. The van der Waals surface area contributed by atoms with Crippen LogP contribution >= 0.6 is 0 Å². The highest BCUT2D eigenvalue weighted by molar-refractivity contribution is 5.95. The molecular weight excluding hydrogens is 286 g/mol. The average molecular weight is 315 g/mol. The molecule has 0 saturated carbocycles. The Kier molecular flexibility index (Phi) is 5.34. The van der Waals surface area contributed by atoms with Crippen molar-refractivity contribution in [2.24, 2.45) is 0 Å². The molecule has 0 N–H and O–H groups in total. The summed E-state index contributed by atoms with van der Waals surface area (Å²) >= 11 is 0. The van der Waals surface area contributed by atoms with Gasteiger partial charge in [0, 0.05) is 37.4 Å². The lowest BCUT2D eigenvalue weighted by molar-refractivity contribution is -0.121. The molecule has 0 unspecified atom stereocenters. The van der Waals surface area contributed by atoms with E-state index >= 15 is 0 Å². The van der Waals surface area contributed by atoms with Crippen LogP contribution in [0.2, 0.25) is 0 Å². The van der Waals surface area contributed by atoms with Crippen molar-refractivity contribution in [3.63, 3.8) is 0 Å². The molecule has 2 aliphatic heterocycles. The number of para-hydroxylation sites is 1. The molecule has 2 fully saturated rings. The summed E-state index contributed by atoms with van der Waals surface area (Å²) in [6, 6.07) is 10.9. The summed E-state index contributed by atoms with van der Waals surface area (Å²) in [7, 11) is 0. The molecule has 4 heteroatoms. The number of anilines is 1. The highest BCUT2D eigenvalue weighted by Gasteiger charge is 2.30. The van der Waals surface area contributed by atoms with E-state index in [0.29, 0.717) is 12.6 Å². The third-order valence-electron chi connectivity index (χ3n) is 5.10. The summed E-state index contributed by atoms with van der Waals surface area (Å²) in [4.78, 5) is 19.8. The zero-order chi connectivity index (χ0) is 16.2. The number of benzene rings is 1. The van der Waals surface area contributed by atoms with E-state index in [4.69, 9.17) is 0 Å². The van der Waals surface area contributed by atoms with E-state index in [-0.39, 0.29) is 11.9 Å². The van der Waals surface area contributed by atoms with Crippen molar-refractivity contribution in [3.05, 3.63) is 30.3 Å². The first-order valence-corrected chi connectivity index (χ1v) is 8.98. The van der Waals surface area contributed by atoms with Crippen molar-refractivity contribution in [3.8, 4) is 0 Å². The lowest BCUT2D eigenvalue weighted by Gasteiger charge is -2.44. The van der Waals surface area contributed by atoms with E-state index in [1.807, 2.05) is 35.2 Å². The number of piperidine rings is 1. The summed E-state index contributed by atoms with van der Waals surface area (Å²) in [6.45, 7) is 9.14. The first-order valence-electron chi connectivity index (χ1n) is 8.98. The van der Waals surface area contributed by atoms with Crippen LogP contribution in [0.25, 0.3) is 0 Å². The molecule has 4 nitrogen and oxygen atoms in total. The second-order valence-corrected chi connectivity index (χ2v) is 7.11. The summed E-state index contributed by atoms with van der Waals surface area (Å²) in [5, 5.41) is 0. The number of fused-ring (bicyclic) bond motifs is 1. The molecule has 1 amide bonds. The molecule has 0 bridgehead atoms. The third-order valence-corrected chi connectivity index (χ3v) is 5.10. The Bertz CT molecular complexity index is 517. The van der Waals surface area contributed by atoms with Gasteiger partial charge in [0.1, 0.15) is 0 Å². The van der Waals surface area contributed by atoms with Gasteiger partial charge in [0.15, 0.2) is 0 Å². The number of nitrogens with zero attached hydrogens (tertiary/aromatic N) is 3. The second kappa shape index (κ2) is 7.45. The van der Waals surface area contributed by atoms with Gasteiger partial charge in [-0.2, -0.15) is 0 Å². The van der Waals surface area contributed by atoms with Crippen molar-refractivity contribution in [2.45, 2.75) is 45.2 Å². The minimum absolute atomic E-state index is 0.181. The molecule has 1 aromatic carbocycles. The average Bonchev–Trinajstić information content (AvgIpc) is 2.55. The quantitative estimate of drug-likeness (QED) is 0.854. The van der Waals surface area contributed by atoms with Crippen molar-refractivity contribution in [2.75, 3.05) is 37.6 Å². The van der Waals surface area contributed by atoms with E-state index < -0.39 is 0 Å². The predicted octanol–water partition coefficient (Wildman–Crippen LogP) is 2.60. The van der Waals surface area contributed by atoms with Gasteiger partial charge in [0.05, 0.1) is 6.54 Å². The fourth-order valence-corrected chi connectivity index (χ4v) is 3.95. The van der Waals surface area contributed by atoms with Crippen molar-refractivity contribution >= 4 is 11.6 Å². The molecule has 0 aliphatic carbocycles. The summed E-state index contributed by atoms with van der Waals surface area (Å²) in [6.07, 6.45) is 3.97. The van der Waals surface area contributed by atoms with E-state index in [2.05, 4.69) is 23.6 Å². The minimum atomic E-state index is 0.181. The normalized spacial score (nSPS) is 22.8. The van der Waals surface area contributed by atoms with Gasteiger partial charge in [-0.25, -0.2) is 0 Å². The largest absolute Gasteiger partial charge is 0.309 e. The fraction of sp³-hybridized carbons (Fsp3) is 0.632. The molecule has 1 atom stereocenters. The molecule has 2 aliphatic rings. The molecule has 0 spiro atoms. The lowest BCUT2D eigenvalue weighted by atomic mass is 9.99. The Morgan fingerprint density at radius 2 is 1.96 bits per heavy atom. The van der Waals surface area contributed by atoms with E-state index in [1.165, 1.54) is 25.8 Å². The highest BCUT2D eigenvalue weighted by Crippen LogP contribution is 2.22. The smallest absolute Gasteiger partial charge is 0.241 e. The SMILES string of the molecule is CC(C)N(C(=O)CN1CCN2CCCC[C@@H]2C1)c1ccccc1. The van der Waals surface area contributed by atoms with Crippen molar-refractivity contribution < 1.29 is 4.79 Å². The number of carbonyl (C=O) groups is 1. The van der Waals surface area contributed by atoms with Crippen LogP contribution in [0.1, 0.15) is 33.1 Å². The van der Waals surface area contributed by atoms with Gasteiger partial charge in [-0.15, -0.1) is 0 Å². The van der Waals surface area contributed by atoms with Crippen LogP contribution in [0.5, 0.6) is 0 Å². The van der Waals surface area contributed by atoms with Gasteiger partial charge in [-0.05, 0) is 45.4 Å². The number of piperazine rings is 1. The van der Waals surface area contributed by atoms with Gasteiger partial charge in [-0.3, -0.25) is 14.6 Å². The first-order chi connectivity index (χ1) is 11.1. The Morgan fingerprint density at radius 3 is 2.70 bits per heavy atom. The first kappa shape index (κ1) is 16.5. The van der Waals surface area contributed by atoms with Gasteiger partial charge < -0.3 is 4.90 Å². The van der Waals surface area contributed by atoms with E-state index in [9.17, 15) is 4.79 Å². The Morgan fingerprint density at radius 1 is 1.17 bits per heavy atom. The van der Waals surface area contributed by atoms with Crippen LogP contribution in [-0.4, -0.2) is 60.5 Å². The Balaban J connectivity index is 1.63. The molecule has 0 aromatic heterocycles. The Hall–Kier alpha value is -1.39. The molecule has 126 valence electrons. The molecule has 1 aromatic rings. The monoisotopic (exact) mass is 315 g/mol. The maximum atomic E-state index is 12.9. The van der Waals surface area contributed by atoms with Crippen LogP contribution in [0.3, 0.4) is 0 Å². The molecule has 2 saturated heterocycles. The second-order valence-electron chi connectivity index (χ2n) is 7.11. The van der Waals surface area contributed by atoms with Crippen LogP contribution in [0.4, 0.5) is 5.69 Å². The number of rotatable bonds is 4. The topological polar surface area (TPSA) is 26.8 Å². The van der Waals surface area contributed by atoms with E-state index in [1.54, 1.807) is 0 Å². The van der Waals surface area contributed by atoms with E-state index in [0.717, 1.165) is 25.3 Å².